The van der Waals surface area contributed by atoms with Gasteiger partial charge in [-0.25, -0.2) is 0 Å². The van der Waals surface area contributed by atoms with Crippen molar-refractivity contribution in [1.29, 1.82) is 0 Å². The molecule has 6 nitrogen and oxygen atoms in total. The number of amides is 2. The quantitative estimate of drug-likeness (QED) is 0.534. The number of rotatable bonds is 6. The van der Waals surface area contributed by atoms with Crippen LogP contribution in [0.5, 0.6) is 0 Å². The Kier molecular flexibility index (Phi) is 6.74. The Bertz CT molecular complexity index is 1140. The number of hydrogen-bond donors (Lipinski definition) is 2. The molecule has 4 rings (SSSR count). The molecule has 0 radical (unpaired) electrons. The first kappa shape index (κ1) is 23.6. The lowest BCUT2D eigenvalue weighted by Gasteiger charge is -2.36. The van der Waals surface area contributed by atoms with Gasteiger partial charge in [-0.15, -0.1) is 0 Å². The average molecular weight is 472 g/mol. The predicted octanol–water partition coefficient (Wildman–Crippen LogP) is 4.92. The molecular formula is C25H23F3N2O4. The van der Waals surface area contributed by atoms with Crippen molar-refractivity contribution >= 4 is 17.5 Å². The molecule has 178 valence electrons. The van der Waals surface area contributed by atoms with Crippen LogP contribution in [0, 0.1) is 0 Å². The molecule has 0 bridgehead atoms. The molecule has 0 saturated carbocycles. The van der Waals surface area contributed by atoms with E-state index in [0.29, 0.717) is 11.3 Å². The Labute approximate surface area is 194 Å². The minimum atomic E-state index is -4.49. The van der Waals surface area contributed by atoms with Gasteiger partial charge in [0, 0.05) is 25.4 Å². The van der Waals surface area contributed by atoms with E-state index in [0.717, 1.165) is 17.7 Å². The highest BCUT2D eigenvalue weighted by atomic mass is 19.4. The first-order chi connectivity index (χ1) is 16.3. The van der Waals surface area contributed by atoms with Gasteiger partial charge in [-0.2, -0.15) is 13.2 Å². The van der Waals surface area contributed by atoms with Crippen molar-refractivity contribution in [2.75, 3.05) is 18.5 Å². The molecule has 1 aliphatic rings. The number of hydrogen-bond acceptors (Lipinski definition) is 4. The van der Waals surface area contributed by atoms with Crippen LogP contribution < -0.4 is 10.6 Å². The second-order valence-electron chi connectivity index (χ2n) is 8.08. The largest absolute Gasteiger partial charge is 0.459 e. The Balaban J connectivity index is 1.45. The van der Waals surface area contributed by atoms with Crippen molar-refractivity contribution in [3.8, 4) is 0 Å². The fourth-order valence-corrected chi connectivity index (χ4v) is 4.02. The Hall–Kier alpha value is -3.59. The van der Waals surface area contributed by atoms with E-state index in [4.69, 9.17) is 9.15 Å². The number of halogens is 3. The number of carbonyl (C=O) groups is 2. The maximum atomic E-state index is 13.3. The highest BCUT2D eigenvalue weighted by Crippen LogP contribution is 2.38. The van der Waals surface area contributed by atoms with Gasteiger partial charge in [0.25, 0.3) is 5.91 Å². The van der Waals surface area contributed by atoms with Gasteiger partial charge >= 0.3 is 6.18 Å². The molecule has 2 aromatic carbocycles. The number of benzene rings is 2. The van der Waals surface area contributed by atoms with E-state index in [1.165, 1.54) is 12.3 Å². The second kappa shape index (κ2) is 9.72. The number of alkyl halides is 3. The smallest absolute Gasteiger partial charge is 0.416 e. The number of carbonyl (C=O) groups excluding carboxylic acids is 2. The van der Waals surface area contributed by atoms with Gasteiger partial charge in [0.2, 0.25) is 5.91 Å². The third-order valence-electron chi connectivity index (χ3n) is 5.93. The molecule has 3 aromatic rings. The van der Waals surface area contributed by atoms with E-state index in [-0.39, 0.29) is 50.2 Å². The Morgan fingerprint density at radius 3 is 2.35 bits per heavy atom. The van der Waals surface area contributed by atoms with Crippen LogP contribution in [-0.4, -0.2) is 25.0 Å². The molecule has 2 amide bonds. The van der Waals surface area contributed by atoms with Crippen molar-refractivity contribution < 1.29 is 31.9 Å². The lowest BCUT2D eigenvalue weighted by molar-refractivity contribution is -0.138. The zero-order valence-corrected chi connectivity index (χ0v) is 18.2. The van der Waals surface area contributed by atoms with Gasteiger partial charge in [-0.1, -0.05) is 30.3 Å². The molecule has 0 spiro atoms. The molecule has 9 heteroatoms. The van der Waals surface area contributed by atoms with E-state index >= 15 is 0 Å². The van der Waals surface area contributed by atoms with Crippen LogP contribution in [0.1, 0.15) is 40.1 Å². The normalized spacial score (nSPS) is 15.5. The maximum Gasteiger partial charge on any atom is 0.416 e. The third kappa shape index (κ3) is 5.14. The molecule has 34 heavy (non-hydrogen) atoms. The summed E-state index contributed by atoms with van der Waals surface area (Å²) in [6, 6.07) is 15.0. The number of ether oxygens (including phenoxy) is 1. The summed E-state index contributed by atoms with van der Waals surface area (Å²) in [5.74, 6) is -0.536. The highest BCUT2D eigenvalue weighted by Gasteiger charge is 2.43. The van der Waals surface area contributed by atoms with Crippen molar-refractivity contribution in [3.05, 3.63) is 89.4 Å². The predicted molar refractivity (Wildman–Crippen MR) is 118 cm³/mol. The molecule has 0 aliphatic carbocycles. The number of furan rings is 1. The van der Waals surface area contributed by atoms with Gasteiger partial charge in [0.05, 0.1) is 17.2 Å². The van der Waals surface area contributed by atoms with Gasteiger partial charge < -0.3 is 19.8 Å². The van der Waals surface area contributed by atoms with Crippen LogP contribution in [-0.2, 0) is 27.7 Å². The Morgan fingerprint density at radius 1 is 0.971 bits per heavy atom. The fourth-order valence-electron chi connectivity index (χ4n) is 4.02. The van der Waals surface area contributed by atoms with Gasteiger partial charge in [0.15, 0.2) is 5.76 Å². The molecule has 2 N–H and O–H groups in total. The van der Waals surface area contributed by atoms with Crippen molar-refractivity contribution in [3.63, 3.8) is 0 Å². The lowest BCUT2D eigenvalue weighted by atomic mass is 9.73. The minimum Gasteiger partial charge on any atom is -0.459 e. The van der Waals surface area contributed by atoms with Crippen molar-refractivity contribution in [2.45, 2.75) is 31.0 Å². The molecule has 1 aromatic heterocycles. The van der Waals surface area contributed by atoms with Crippen LogP contribution in [0.3, 0.4) is 0 Å². The second-order valence-corrected chi connectivity index (χ2v) is 8.08. The van der Waals surface area contributed by atoms with Gasteiger partial charge in [-0.3, -0.25) is 9.59 Å². The van der Waals surface area contributed by atoms with E-state index in [1.807, 2.05) is 0 Å². The molecular weight excluding hydrogens is 449 g/mol. The van der Waals surface area contributed by atoms with E-state index in [2.05, 4.69) is 10.6 Å². The number of anilines is 1. The molecule has 1 fully saturated rings. The molecule has 1 aliphatic heterocycles. The summed E-state index contributed by atoms with van der Waals surface area (Å²) in [5.41, 5.74) is -0.219. The number of nitrogens with one attached hydrogen (secondary N) is 2. The summed E-state index contributed by atoms with van der Waals surface area (Å²) in [4.78, 5) is 25.3. The topological polar surface area (TPSA) is 80.6 Å². The standard InChI is InChI=1S/C25H23F3N2O4/c26-25(27,28)19-4-1-3-18(15-19)24(10-13-33-14-11-24)23(32)29-16-17-6-8-20(9-7-17)30-22(31)21-5-2-12-34-21/h1-9,12,15H,10-11,13-14,16H2,(H,29,32)(H,30,31). The maximum absolute atomic E-state index is 13.3. The van der Waals surface area contributed by atoms with Crippen LogP contribution in [0.4, 0.5) is 18.9 Å². The van der Waals surface area contributed by atoms with E-state index < -0.39 is 17.2 Å². The van der Waals surface area contributed by atoms with Crippen molar-refractivity contribution in [1.82, 2.24) is 5.32 Å². The van der Waals surface area contributed by atoms with Gasteiger partial charge in [0.1, 0.15) is 0 Å². The van der Waals surface area contributed by atoms with Crippen LogP contribution in [0.25, 0.3) is 0 Å². The third-order valence-corrected chi connectivity index (χ3v) is 5.93. The summed E-state index contributed by atoms with van der Waals surface area (Å²) in [7, 11) is 0. The first-order valence-electron chi connectivity index (χ1n) is 10.8. The monoisotopic (exact) mass is 472 g/mol. The lowest BCUT2D eigenvalue weighted by Crippen LogP contribution is -2.47. The minimum absolute atomic E-state index is 0.187. The van der Waals surface area contributed by atoms with Crippen LogP contribution >= 0.6 is 0 Å². The molecule has 1 saturated heterocycles. The summed E-state index contributed by atoms with van der Waals surface area (Å²) in [6.45, 7) is 0.758. The molecule has 0 unspecified atom stereocenters. The van der Waals surface area contributed by atoms with Crippen molar-refractivity contribution in [2.24, 2.45) is 0 Å². The molecule has 2 heterocycles. The Morgan fingerprint density at radius 2 is 1.71 bits per heavy atom. The van der Waals surface area contributed by atoms with E-state index in [1.54, 1.807) is 42.5 Å². The summed E-state index contributed by atoms with van der Waals surface area (Å²) in [5, 5.41) is 5.58. The first-order valence-corrected chi connectivity index (χ1v) is 10.8. The summed E-state index contributed by atoms with van der Waals surface area (Å²) in [6.07, 6.45) is -2.51. The summed E-state index contributed by atoms with van der Waals surface area (Å²) < 4.78 is 50.2. The molecule has 0 atom stereocenters. The highest BCUT2D eigenvalue weighted by molar-refractivity contribution is 6.02. The zero-order valence-electron chi connectivity index (χ0n) is 18.2. The van der Waals surface area contributed by atoms with Crippen LogP contribution in [0.2, 0.25) is 0 Å². The SMILES string of the molecule is O=C(Nc1ccc(CNC(=O)C2(c3cccc(C(F)(F)F)c3)CCOCC2)cc1)c1ccco1. The summed E-state index contributed by atoms with van der Waals surface area (Å²) >= 11 is 0. The average Bonchev–Trinajstić information content (AvgIpc) is 3.39. The zero-order chi connectivity index (χ0) is 24.2. The van der Waals surface area contributed by atoms with E-state index in [9.17, 15) is 22.8 Å². The fraction of sp³-hybridized carbons (Fsp3) is 0.280. The van der Waals surface area contributed by atoms with Gasteiger partial charge in [-0.05, 0) is 54.3 Å². The van der Waals surface area contributed by atoms with Crippen LogP contribution in [0.15, 0.2) is 71.3 Å².